The minimum absolute atomic E-state index is 0.857. The van der Waals surface area contributed by atoms with E-state index in [0.29, 0.717) is 0 Å². The summed E-state index contributed by atoms with van der Waals surface area (Å²) in [5.41, 5.74) is 18.9. The van der Waals surface area contributed by atoms with Crippen LogP contribution in [-0.2, 0) is 12.8 Å². The number of rotatable bonds is 15. The number of anilines is 6. The van der Waals surface area contributed by atoms with Crippen LogP contribution < -0.4 is 19.3 Å². The monoisotopic (exact) mass is 836 g/mol. The van der Waals surface area contributed by atoms with E-state index in [2.05, 4.69) is 220 Å². The van der Waals surface area contributed by atoms with Crippen molar-refractivity contribution in [1.29, 1.82) is 0 Å². The van der Waals surface area contributed by atoms with Gasteiger partial charge in [-0.1, -0.05) is 147 Å². The van der Waals surface area contributed by atoms with E-state index in [9.17, 15) is 0 Å². The van der Waals surface area contributed by atoms with Crippen molar-refractivity contribution in [3.05, 3.63) is 226 Å². The first kappa shape index (κ1) is 43.1. The third kappa shape index (κ3) is 9.72. The standard InChI is InChI=1S/C60H56N2O2/c1-7-49-13-9-11-43(3)59(49)61(53-31-19-45(20-32-53)15-17-47-23-39-57(63-5)40-24-47)55-35-27-51(28-36-55)52-29-37-56(38-30-52)62(60-44(4)12-10-14-50(60)8-2)54-33-21-46(22-34-54)16-18-48-25-41-58(64-6)42-26-48/h9-42H,7-8H2,1-6H3/b17-15+,18-16+. The Morgan fingerprint density at radius 2 is 0.641 bits per heavy atom. The molecule has 0 radical (unpaired) electrons. The molecule has 4 nitrogen and oxygen atoms in total. The smallest absolute Gasteiger partial charge is 0.118 e. The van der Waals surface area contributed by atoms with Crippen LogP contribution in [0.3, 0.4) is 0 Å². The lowest BCUT2D eigenvalue weighted by atomic mass is 10.00. The average Bonchev–Trinajstić information content (AvgIpc) is 3.35. The SMILES string of the molecule is CCc1cccc(C)c1N(c1ccc(/C=C/c2ccc(OC)cc2)cc1)c1ccc(-c2ccc(N(c3ccc(/C=C/c4ccc(OC)cc4)cc3)c3c(C)cccc3CC)cc2)cc1. The Labute approximate surface area is 380 Å². The highest BCUT2D eigenvalue weighted by Gasteiger charge is 2.20. The number of methoxy groups -OCH3 is 2. The number of benzene rings is 8. The van der Waals surface area contributed by atoms with Gasteiger partial charge in [-0.05, 0) is 155 Å². The molecule has 64 heavy (non-hydrogen) atoms. The van der Waals surface area contributed by atoms with Crippen LogP contribution in [0.5, 0.6) is 11.5 Å². The Morgan fingerprint density at radius 1 is 0.359 bits per heavy atom. The fraction of sp³-hybridized carbons (Fsp3) is 0.133. The van der Waals surface area contributed by atoms with Crippen LogP contribution in [0.25, 0.3) is 35.4 Å². The van der Waals surface area contributed by atoms with E-state index in [-0.39, 0.29) is 0 Å². The van der Waals surface area contributed by atoms with Crippen molar-refractivity contribution in [2.45, 2.75) is 40.5 Å². The summed E-state index contributed by atoms with van der Waals surface area (Å²) in [6.07, 6.45) is 10.5. The van der Waals surface area contributed by atoms with Crippen molar-refractivity contribution in [3.63, 3.8) is 0 Å². The quantitative estimate of drug-likeness (QED) is 0.0961. The van der Waals surface area contributed by atoms with Gasteiger partial charge >= 0.3 is 0 Å². The molecule has 8 rings (SSSR count). The van der Waals surface area contributed by atoms with Gasteiger partial charge in [0.05, 0.1) is 25.6 Å². The van der Waals surface area contributed by atoms with Crippen LogP contribution in [0.1, 0.15) is 58.4 Å². The summed E-state index contributed by atoms with van der Waals surface area (Å²) in [5.74, 6) is 1.71. The molecule has 0 aromatic heterocycles. The lowest BCUT2D eigenvalue weighted by Gasteiger charge is -2.30. The maximum Gasteiger partial charge on any atom is 0.118 e. The van der Waals surface area contributed by atoms with Gasteiger partial charge in [-0.15, -0.1) is 0 Å². The minimum atomic E-state index is 0.857. The first-order valence-corrected chi connectivity index (χ1v) is 22.2. The largest absolute Gasteiger partial charge is 0.497 e. The van der Waals surface area contributed by atoms with Gasteiger partial charge in [0.2, 0.25) is 0 Å². The molecule has 318 valence electrons. The molecule has 8 aromatic carbocycles. The Kier molecular flexibility index (Phi) is 13.5. The average molecular weight is 837 g/mol. The summed E-state index contributed by atoms with van der Waals surface area (Å²) in [5, 5.41) is 0. The summed E-state index contributed by atoms with van der Waals surface area (Å²) in [4.78, 5) is 4.81. The molecule has 0 fully saturated rings. The normalized spacial score (nSPS) is 11.3. The van der Waals surface area contributed by atoms with E-state index in [0.717, 1.165) is 69.3 Å². The molecule has 0 saturated heterocycles. The predicted octanol–water partition coefficient (Wildman–Crippen LogP) is 16.4. The van der Waals surface area contributed by atoms with Crippen molar-refractivity contribution in [3.8, 4) is 22.6 Å². The van der Waals surface area contributed by atoms with Gasteiger partial charge in [0.25, 0.3) is 0 Å². The first-order valence-electron chi connectivity index (χ1n) is 22.2. The topological polar surface area (TPSA) is 24.9 Å². The van der Waals surface area contributed by atoms with Gasteiger partial charge in [0.1, 0.15) is 11.5 Å². The number of aryl methyl sites for hydroxylation is 4. The number of ether oxygens (including phenoxy) is 2. The van der Waals surface area contributed by atoms with Crippen LogP contribution in [0.15, 0.2) is 182 Å². The summed E-state index contributed by atoms with van der Waals surface area (Å²) >= 11 is 0. The van der Waals surface area contributed by atoms with E-state index in [1.165, 1.54) is 44.8 Å². The van der Waals surface area contributed by atoms with E-state index in [1.54, 1.807) is 14.2 Å². The first-order chi connectivity index (χ1) is 31.3. The highest BCUT2D eigenvalue weighted by molar-refractivity contribution is 5.85. The molecule has 0 N–H and O–H groups in total. The summed E-state index contributed by atoms with van der Waals surface area (Å²) in [6.45, 7) is 8.89. The van der Waals surface area contributed by atoms with Gasteiger partial charge in [-0.3, -0.25) is 0 Å². The number of para-hydroxylation sites is 2. The second kappa shape index (κ2) is 20.1. The van der Waals surface area contributed by atoms with Gasteiger partial charge in [0, 0.05) is 22.7 Å². The molecule has 0 amide bonds. The Morgan fingerprint density at radius 3 is 0.922 bits per heavy atom. The molecule has 4 heteroatoms. The van der Waals surface area contributed by atoms with Crippen LogP contribution in [0.4, 0.5) is 34.1 Å². The highest BCUT2D eigenvalue weighted by atomic mass is 16.5. The Hall–Kier alpha value is -7.56. The van der Waals surface area contributed by atoms with E-state index in [1.807, 2.05) is 24.3 Å². The second-order valence-electron chi connectivity index (χ2n) is 16.0. The van der Waals surface area contributed by atoms with Crippen molar-refractivity contribution in [2.75, 3.05) is 24.0 Å². The molecule has 0 bridgehead atoms. The molecular weight excluding hydrogens is 781 g/mol. The molecule has 0 atom stereocenters. The maximum absolute atomic E-state index is 5.33. The van der Waals surface area contributed by atoms with E-state index < -0.39 is 0 Å². The molecule has 8 aromatic rings. The van der Waals surface area contributed by atoms with Crippen molar-refractivity contribution >= 4 is 58.4 Å². The van der Waals surface area contributed by atoms with Crippen molar-refractivity contribution in [1.82, 2.24) is 0 Å². The van der Waals surface area contributed by atoms with E-state index >= 15 is 0 Å². The zero-order valence-electron chi connectivity index (χ0n) is 37.8. The molecule has 0 heterocycles. The van der Waals surface area contributed by atoms with Crippen LogP contribution in [-0.4, -0.2) is 14.2 Å². The molecular formula is C60H56N2O2. The van der Waals surface area contributed by atoms with Crippen LogP contribution in [0.2, 0.25) is 0 Å². The summed E-state index contributed by atoms with van der Waals surface area (Å²) < 4.78 is 10.7. The van der Waals surface area contributed by atoms with Gasteiger partial charge in [-0.2, -0.15) is 0 Å². The van der Waals surface area contributed by atoms with Crippen LogP contribution >= 0.6 is 0 Å². The molecule has 0 aliphatic carbocycles. The Balaban J connectivity index is 1.08. The fourth-order valence-corrected chi connectivity index (χ4v) is 8.35. The van der Waals surface area contributed by atoms with Gasteiger partial charge < -0.3 is 19.3 Å². The highest BCUT2D eigenvalue weighted by Crippen LogP contribution is 2.42. The molecule has 0 saturated carbocycles. The molecule has 0 aliphatic rings. The Bertz CT molecular complexity index is 2640. The third-order valence-corrected chi connectivity index (χ3v) is 11.9. The number of hydrogen-bond acceptors (Lipinski definition) is 4. The minimum Gasteiger partial charge on any atom is -0.497 e. The van der Waals surface area contributed by atoms with Crippen LogP contribution in [0, 0.1) is 13.8 Å². The molecule has 0 spiro atoms. The fourth-order valence-electron chi connectivity index (χ4n) is 8.35. The molecule has 0 unspecified atom stereocenters. The number of hydrogen-bond donors (Lipinski definition) is 0. The maximum atomic E-state index is 5.33. The lowest BCUT2D eigenvalue weighted by molar-refractivity contribution is 0.414. The molecule has 0 aliphatic heterocycles. The van der Waals surface area contributed by atoms with Crippen molar-refractivity contribution in [2.24, 2.45) is 0 Å². The second-order valence-corrected chi connectivity index (χ2v) is 16.0. The predicted molar refractivity (Wildman–Crippen MR) is 273 cm³/mol. The van der Waals surface area contributed by atoms with Gasteiger partial charge in [0.15, 0.2) is 0 Å². The summed E-state index contributed by atoms with van der Waals surface area (Å²) in [6, 6.07) is 65.2. The van der Waals surface area contributed by atoms with Crippen molar-refractivity contribution < 1.29 is 9.47 Å². The zero-order valence-corrected chi connectivity index (χ0v) is 37.8. The summed E-state index contributed by atoms with van der Waals surface area (Å²) in [7, 11) is 3.38. The lowest BCUT2D eigenvalue weighted by Crippen LogP contribution is -2.13. The van der Waals surface area contributed by atoms with E-state index in [4.69, 9.17) is 9.47 Å². The van der Waals surface area contributed by atoms with Gasteiger partial charge in [-0.25, -0.2) is 0 Å². The third-order valence-electron chi connectivity index (χ3n) is 11.9. The zero-order chi connectivity index (χ0) is 44.4. The number of nitrogens with zero attached hydrogens (tertiary/aromatic N) is 2.